The number of anilines is 1. The van der Waals surface area contributed by atoms with E-state index in [1.54, 1.807) is 4.52 Å². The van der Waals surface area contributed by atoms with Gasteiger partial charge < -0.3 is 14.8 Å². The first-order valence-corrected chi connectivity index (χ1v) is 6.61. The van der Waals surface area contributed by atoms with Crippen LogP contribution < -0.4 is 14.8 Å². The van der Waals surface area contributed by atoms with E-state index in [2.05, 4.69) is 20.6 Å². The van der Waals surface area contributed by atoms with Gasteiger partial charge in [-0.2, -0.15) is 4.52 Å². The van der Waals surface area contributed by atoms with Crippen LogP contribution >= 0.6 is 0 Å². The van der Waals surface area contributed by atoms with Crippen LogP contribution in [0.15, 0.2) is 30.3 Å². The highest BCUT2D eigenvalue weighted by atomic mass is 16.7. The standard InChI is InChI=1S/C14H13N5O2/c1-9-16-17-14-5-4-13(18-19(9)14)15-7-10-2-3-11-12(6-10)21-8-20-11/h2-6H,7-8H2,1H3,(H,15,18). The third kappa shape index (κ3) is 2.12. The van der Waals surface area contributed by atoms with E-state index >= 15 is 0 Å². The van der Waals surface area contributed by atoms with Gasteiger partial charge in [-0.15, -0.1) is 15.3 Å². The molecule has 0 amide bonds. The van der Waals surface area contributed by atoms with Crippen LogP contribution in [-0.4, -0.2) is 26.6 Å². The highest BCUT2D eigenvalue weighted by Gasteiger charge is 2.13. The van der Waals surface area contributed by atoms with Gasteiger partial charge in [0.15, 0.2) is 23.0 Å². The zero-order valence-electron chi connectivity index (χ0n) is 11.4. The van der Waals surface area contributed by atoms with E-state index in [-0.39, 0.29) is 6.79 Å². The molecule has 0 bridgehead atoms. The molecule has 1 aliphatic rings. The molecule has 0 fully saturated rings. The molecule has 0 atom stereocenters. The summed E-state index contributed by atoms with van der Waals surface area (Å²) in [4.78, 5) is 0. The molecule has 0 radical (unpaired) electrons. The quantitative estimate of drug-likeness (QED) is 0.789. The number of rotatable bonds is 3. The first kappa shape index (κ1) is 12.0. The second kappa shape index (κ2) is 4.62. The SMILES string of the molecule is Cc1nnc2ccc(NCc3ccc4c(c3)OCO4)nn12. The Morgan fingerprint density at radius 2 is 2.05 bits per heavy atom. The number of nitrogens with zero attached hydrogens (tertiary/aromatic N) is 4. The molecule has 7 nitrogen and oxygen atoms in total. The first-order chi connectivity index (χ1) is 10.3. The van der Waals surface area contributed by atoms with Crippen LogP contribution in [0.2, 0.25) is 0 Å². The molecule has 7 heteroatoms. The normalized spacial score (nSPS) is 12.8. The van der Waals surface area contributed by atoms with Crippen molar-refractivity contribution in [3.63, 3.8) is 0 Å². The van der Waals surface area contributed by atoms with Crippen molar-refractivity contribution < 1.29 is 9.47 Å². The fourth-order valence-corrected chi connectivity index (χ4v) is 2.23. The fraction of sp³-hybridized carbons (Fsp3) is 0.214. The Bertz CT molecular complexity index is 814. The number of benzene rings is 1. The maximum Gasteiger partial charge on any atom is 0.231 e. The van der Waals surface area contributed by atoms with Crippen molar-refractivity contribution in [1.82, 2.24) is 19.8 Å². The lowest BCUT2D eigenvalue weighted by molar-refractivity contribution is 0.174. The lowest BCUT2D eigenvalue weighted by atomic mass is 10.2. The molecule has 2 aromatic heterocycles. The minimum absolute atomic E-state index is 0.289. The largest absolute Gasteiger partial charge is 0.454 e. The Morgan fingerprint density at radius 3 is 3.00 bits per heavy atom. The van der Waals surface area contributed by atoms with Gasteiger partial charge in [-0.05, 0) is 36.8 Å². The number of ether oxygens (including phenoxy) is 2. The van der Waals surface area contributed by atoms with Gasteiger partial charge in [0.25, 0.3) is 0 Å². The zero-order chi connectivity index (χ0) is 14.2. The molecule has 1 aliphatic heterocycles. The smallest absolute Gasteiger partial charge is 0.231 e. The zero-order valence-corrected chi connectivity index (χ0v) is 11.4. The van der Waals surface area contributed by atoms with Crippen LogP contribution in [0.5, 0.6) is 11.5 Å². The Hall–Kier alpha value is -2.83. The van der Waals surface area contributed by atoms with Crippen LogP contribution in [0.3, 0.4) is 0 Å². The number of hydrogen-bond donors (Lipinski definition) is 1. The van der Waals surface area contributed by atoms with Gasteiger partial charge in [0.2, 0.25) is 6.79 Å². The van der Waals surface area contributed by atoms with Gasteiger partial charge in [0.1, 0.15) is 5.82 Å². The molecule has 21 heavy (non-hydrogen) atoms. The van der Waals surface area contributed by atoms with Crippen LogP contribution in [0.25, 0.3) is 5.65 Å². The topological polar surface area (TPSA) is 73.6 Å². The van der Waals surface area contributed by atoms with Gasteiger partial charge >= 0.3 is 0 Å². The monoisotopic (exact) mass is 283 g/mol. The maximum atomic E-state index is 5.37. The van der Waals surface area contributed by atoms with Crippen molar-refractivity contribution in [2.75, 3.05) is 12.1 Å². The van der Waals surface area contributed by atoms with E-state index in [1.165, 1.54) is 0 Å². The van der Waals surface area contributed by atoms with Crippen LogP contribution in [0, 0.1) is 6.92 Å². The summed E-state index contributed by atoms with van der Waals surface area (Å²) >= 11 is 0. The molecule has 1 aromatic carbocycles. The Labute approximate surface area is 120 Å². The molecule has 106 valence electrons. The molecule has 0 saturated carbocycles. The predicted molar refractivity (Wildman–Crippen MR) is 75.4 cm³/mol. The molecular formula is C14H13N5O2. The van der Waals surface area contributed by atoms with Gasteiger partial charge in [0.05, 0.1) is 0 Å². The van der Waals surface area contributed by atoms with Crippen LogP contribution in [0.4, 0.5) is 5.82 Å². The minimum atomic E-state index is 0.289. The molecule has 3 heterocycles. The van der Waals surface area contributed by atoms with E-state index in [4.69, 9.17) is 9.47 Å². The predicted octanol–water partition coefficient (Wildman–Crippen LogP) is 1.77. The molecule has 0 aliphatic carbocycles. The van der Waals surface area contributed by atoms with Gasteiger partial charge in [0, 0.05) is 6.54 Å². The minimum Gasteiger partial charge on any atom is -0.454 e. The molecule has 0 spiro atoms. The van der Waals surface area contributed by atoms with E-state index in [0.29, 0.717) is 6.54 Å². The third-order valence-corrected chi connectivity index (χ3v) is 3.33. The lowest BCUT2D eigenvalue weighted by Gasteiger charge is -2.07. The summed E-state index contributed by atoms with van der Waals surface area (Å²) in [6.07, 6.45) is 0. The molecule has 1 N–H and O–H groups in total. The van der Waals surface area contributed by atoms with Crippen molar-refractivity contribution in [2.45, 2.75) is 13.5 Å². The van der Waals surface area contributed by atoms with Crippen molar-refractivity contribution in [2.24, 2.45) is 0 Å². The highest BCUT2D eigenvalue weighted by Crippen LogP contribution is 2.32. The Kier molecular flexibility index (Phi) is 2.63. The van der Waals surface area contributed by atoms with Crippen LogP contribution in [0.1, 0.15) is 11.4 Å². The second-order valence-corrected chi connectivity index (χ2v) is 4.78. The van der Waals surface area contributed by atoms with Crippen molar-refractivity contribution >= 4 is 11.5 Å². The van der Waals surface area contributed by atoms with Gasteiger partial charge in [-0.3, -0.25) is 0 Å². The average molecular weight is 283 g/mol. The average Bonchev–Trinajstić information content (AvgIpc) is 3.11. The lowest BCUT2D eigenvalue weighted by Crippen LogP contribution is -2.04. The fourth-order valence-electron chi connectivity index (χ4n) is 2.23. The van der Waals surface area contributed by atoms with Gasteiger partial charge in [-0.25, -0.2) is 0 Å². The molecule has 4 rings (SSSR count). The van der Waals surface area contributed by atoms with Crippen molar-refractivity contribution in [1.29, 1.82) is 0 Å². The molecular weight excluding hydrogens is 270 g/mol. The summed E-state index contributed by atoms with van der Waals surface area (Å²) in [5, 5.41) is 15.7. The summed E-state index contributed by atoms with van der Waals surface area (Å²) in [6.45, 7) is 2.81. The number of fused-ring (bicyclic) bond motifs is 2. The number of aryl methyl sites for hydroxylation is 1. The second-order valence-electron chi connectivity index (χ2n) is 4.78. The maximum absolute atomic E-state index is 5.37. The summed E-state index contributed by atoms with van der Waals surface area (Å²) in [5.41, 5.74) is 1.84. The first-order valence-electron chi connectivity index (χ1n) is 6.61. The van der Waals surface area contributed by atoms with E-state index in [0.717, 1.165) is 34.4 Å². The molecule has 3 aromatic rings. The highest BCUT2D eigenvalue weighted by molar-refractivity contribution is 5.47. The summed E-state index contributed by atoms with van der Waals surface area (Å²) in [5.74, 6) is 3.10. The Balaban J connectivity index is 1.53. The summed E-state index contributed by atoms with van der Waals surface area (Å²) in [7, 11) is 0. The van der Waals surface area contributed by atoms with Crippen molar-refractivity contribution in [3.8, 4) is 11.5 Å². The number of aromatic nitrogens is 4. The van der Waals surface area contributed by atoms with E-state index in [9.17, 15) is 0 Å². The third-order valence-electron chi connectivity index (χ3n) is 3.33. The van der Waals surface area contributed by atoms with Gasteiger partial charge in [-0.1, -0.05) is 6.07 Å². The molecule has 0 unspecified atom stereocenters. The summed E-state index contributed by atoms with van der Waals surface area (Å²) < 4.78 is 12.4. The van der Waals surface area contributed by atoms with E-state index < -0.39 is 0 Å². The Morgan fingerprint density at radius 1 is 1.14 bits per heavy atom. The van der Waals surface area contributed by atoms with Crippen LogP contribution in [-0.2, 0) is 6.54 Å². The van der Waals surface area contributed by atoms with Crippen molar-refractivity contribution in [3.05, 3.63) is 41.7 Å². The van der Waals surface area contributed by atoms with E-state index in [1.807, 2.05) is 37.3 Å². The number of hydrogen-bond acceptors (Lipinski definition) is 6. The number of nitrogens with one attached hydrogen (secondary N) is 1. The summed E-state index contributed by atoms with van der Waals surface area (Å²) in [6, 6.07) is 9.66. The molecule has 0 saturated heterocycles.